The van der Waals surface area contributed by atoms with Crippen molar-refractivity contribution in [1.29, 1.82) is 0 Å². The number of rotatable bonds is 8. The van der Waals surface area contributed by atoms with Crippen LogP contribution in [-0.2, 0) is 23.1 Å². The Kier molecular flexibility index (Phi) is 7.64. The average Bonchev–Trinajstić information content (AvgIpc) is 3.33. The Balaban J connectivity index is 1.51. The summed E-state index contributed by atoms with van der Waals surface area (Å²) in [4.78, 5) is 35.9. The smallest absolute Gasteiger partial charge is 0.340 e. The minimum atomic E-state index is -4.80. The standard InChI is InChI=1S/C18H24ClN3O10P2/c19-18-21-12-5-9(1-2-11(12)17(22-18)20-10-3-4-30-6-10)16-15(24)14(23)13(32-16)7-31-34(28,29)8-33(25,26)27/h1-2,5,10,13-16,23-24H,3-4,6-8H2,(H,28,29)(H,20,21,22)(H2,25,26,27)/t10-,13+,14+,15+,16-/m0/s1. The van der Waals surface area contributed by atoms with Gasteiger partial charge >= 0.3 is 15.2 Å². The molecule has 0 bridgehead atoms. The SMILES string of the molecule is O=P(O)(O)CP(=O)(O)OC[C@H]1O[C@@H](c2ccc3c(N[C@H]4CCOC4)nc(Cl)nc3c2)[C@H](O)[C@@H]1O. The molecule has 0 saturated carbocycles. The van der Waals surface area contributed by atoms with Crippen LogP contribution in [0.4, 0.5) is 5.82 Å². The number of ether oxygens (including phenoxy) is 2. The van der Waals surface area contributed by atoms with Gasteiger partial charge in [0, 0.05) is 12.0 Å². The number of fused-ring (bicyclic) bond motifs is 1. The van der Waals surface area contributed by atoms with Gasteiger partial charge in [-0.1, -0.05) is 6.07 Å². The van der Waals surface area contributed by atoms with E-state index in [9.17, 15) is 24.2 Å². The third-order valence-corrected chi connectivity index (χ3v) is 9.08. The van der Waals surface area contributed by atoms with Crippen molar-refractivity contribution in [3.05, 3.63) is 29.0 Å². The summed E-state index contributed by atoms with van der Waals surface area (Å²) in [5.74, 6) is -0.844. The van der Waals surface area contributed by atoms with Crippen LogP contribution >= 0.6 is 26.8 Å². The van der Waals surface area contributed by atoms with Crippen molar-refractivity contribution in [1.82, 2.24) is 9.97 Å². The summed E-state index contributed by atoms with van der Waals surface area (Å²) in [7, 11) is -9.45. The zero-order chi connectivity index (χ0) is 24.7. The summed E-state index contributed by atoms with van der Waals surface area (Å²) in [5.41, 5.74) is 0.916. The number of aromatic nitrogens is 2. The molecule has 1 unspecified atom stereocenters. The predicted octanol–water partition coefficient (Wildman–Crippen LogP) is 0.983. The van der Waals surface area contributed by atoms with E-state index in [1.165, 1.54) is 0 Å². The molecule has 1 aromatic carbocycles. The van der Waals surface area contributed by atoms with E-state index in [0.717, 1.165) is 6.42 Å². The zero-order valence-electron chi connectivity index (χ0n) is 17.6. The van der Waals surface area contributed by atoms with Gasteiger partial charge < -0.3 is 44.2 Å². The highest BCUT2D eigenvalue weighted by atomic mass is 35.5. The first-order valence-corrected chi connectivity index (χ1v) is 14.2. The fraction of sp³-hybridized carbons (Fsp3) is 0.556. The number of halogens is 1. The maximum Gasteiger partial charge on any atom is 0.340 e. The molecule has 4 rings (SSSR count). The summed E-state index contributed by atoms with van der Waals surface area (Å²) in [6.07, 6.45) is -4.32. The van der Waals surface area contributed by atoms with Gasteiger partial charge in [0.25, 0.3) is 0 Å². The monoisotopic (exact) mass is 539 g/mol. The van der Waals surface area contributed by atoms with Crippen molar-refractivity contribution in [2.24, 2.45) is 0 Å². The molecule has 34 heavy (non-hydrogen) atoms. The lowest BCUT2D eigenvalue weighted by Crippen LogP contribution is -2.33. The van der Waals surface area contributed by atoms with Crippen molar-refractivity contribution >= 4 is 43.5 Å². The highest BCUT2D eigenvalue weighted by Gasteiger charge is 2.45. The molecule has 2 aliphatic heterocycles. The van der Waals surface area contributed by atoms with E-state index in [1.807, 2.05) is 0 Å². The number of benzene rings is 1. The van der Waals surface area contributed by atoms with Crippen LogP contribution < -0.4 is 5.32 Å². The van der Waals surface area contributed by atoms with Gasteiger partial charge in [-0.25, -0.2) is 9.97 Å². The van der Waals surface area contributed by atoms with Crippen LogP contribution in [0.25, 0.3) is 10.9 Å². The van der Waals surface area contributed by atoms with Gasteiger partial charge in [-0.2, -0.15) is 0 Å². The van der Waals surface area contributed by atoms with Crippen LogP contribution in [0, 0.1) is 0 Å². The third kappa shape index (κ3) is 6.13. The molecule has 6 atom stereocenters. The van der Waals surface area contributed by atoms with Gasteiger partial charge in [0.15, 0.2) is 5.90 Å². The molecule has 2 fully saturated rings. The van der Waals surface area contributed by atoms with Crippen LogP contribution in [0.5, 0.6) is 0 Å². The Morgan fingerprint density at radius 2 is 1.94 bits per heavy atom. The van der Waals surface area contributed by atoms with Crippen molar-refractivity contribution < 1.29 is 48.0 Å². The van der Waals surface area contributed by atoms with E-state index in [1.54, 1.807) is 18.2 Å². The lowest BCUT2D eigenvalue weighted by Gasteiger charge is -2.18. The molecular formula is C18H24ClN3O10P2. The Hall–Kier alpha value is -1.21. The van der Waals surface area contributed by atoms with Gasteiger partial charge in [0.05, 0.1) is 24.8 Å². The Morgan fingerprint density at radius 1 is 1.18 bits per heavy atom. The lowest BCUT2D eigenvalue weighted by atomic mass is 10.0. The fourth-order valence-electron chi connectivity index (χ4n) is 3.87. The average molecular weight is 540 g/mol. The quantitative estimate of drug-likeness (QED) is 0.205. The Bertz CT molecular complexity index is 1140. The van der Waals surface area contributed by atoms with Gasteiger partial charge in [-0.05, 0) is 35.7 Å². The molecule has 16 heteroatoms. The number of aliphatic hydroxyl groups excluding tert-OH is 2. The number of anilines is 1. The maximum atomic E-state index is 11.9. The molecular weight excluding hydrogens is 516 g/mol. The van der Waals surface area contributed by atoms with E-state index in [0.29, 0.717) is 35.5 Å². The number of hydrogen-bond acceptors (Lipinski definition) is 10. The van der Waals surface area contributed by atoms with Crippen LogP contribution in [0.1, 0.15) is 18.1 Å². The highest BCUT2D eigenvalue weighted by Crippen LogP contribution is 2.55. The molecule has 2 aromatic rings. The Labute approximate surface area is 198 Å². The number of nitrogens with zero attached hydrogens (tertiary/aromatic N) is 2. The second kappa shape index (κ2) is 10.0. The van der Waals surface area contributed by atoms with Crippen LogP contribution in [0.3, 0.4) is 0 Å². The first kappa shape index (κ1) is 25.9. The molecule has 3 heterocycles. The van der Waals surface area contributed by atoms with Gasteiger partial charge in [0.2, 0.25) is 5.28 Å². The summed E-state index contributed by atoms with van der Waals surface area (Å²) < 4.78 is 38.6. The van der Waals surface area contributed by atoms with Crippen molar-refractivity contribution in [3.8, 4) is 0 Å². The summed E-state index contributed by atoms with van der Waals surface area (Å²) >= 11 is 6.09. The van der Waals surface area contributed by atoms with E-state index >= 15 is 0 Å². The first-order valence-electron chi connectivity index (χ1n) is 10.3. The second-order valence-corrected chi connectivity index (χ2v) is 12.5. The Morgan fingerprint density at radius 3 is 2.62 bits per heavy atom. The second-order valence-electron chi connectivity index (χ2n) is 8.14. The van der Waals surface area contributed by atoms with E-state index in [4.69, 9.17) is 35.4 Å². The van der Waals surface area contributed by atoms with Crippen molar-refractivity contribution in [2.75, 3.05) is 31.0 Å². The molecule has 1 aromatic heterocycles. The normalized spacial score (nSPS) is 29.4. The van der Waals surface area contributed by atoms with Gasteiger partial charge in [0.1, 0.15) is 30.2 Å². The van der Waals surface area contributed by atoms with Crippen molar-refractivity contribution in [3.63, 3.8) is 0 Å². The minimum absolute atomic E-state index is 0.00835. The van der Waals surface area contributed by atoms with Crippen molar-refractivity contribution in [2.45, 2.75) is 36.9 Å². The molecule has 13 nitrogen and oxygen atoms in total. The molecule has 0 spiro atoms. The summed E-state index contributed by atoms with van der Waals surface area (Å²) in [6.45, 7) is 0.523. The lowest BCUT2D eigenvalue weighted by molar-refractivity contribution is -0.0186. The minimum Gasteiger partial charge on any atom is -0.387 e. The molecule has 188 valence electrons. The molecule has 6 N–H and O–H groups in total. The van der Waals surface area contributed by atoms with E-state index in [-0.39, 0.29) is 11.3 Å². The molecule has 2 saturated heterocycles. The van der Waals surface area contributed by atoms with E-state index in [2.05, 4.69) is 15.3 Å². The molecule has 0 aliphatic carbocycles. The van der Waals surface area contributed by atoms with Gasteiger partial charge in [-0.3, -0.25) is 9.13 Å². The third-order valence-electron chi connectivity index (χ3n) is 5.46. The number of hydrogen-bond donors (Lipinski definition) is 6. The van der Waals surface area contributed by atoms with Crippen LogP contribution in [-0.4, -0.2) is 84.9 Å². The topological polar surface area (TPSA) is 201 Å². The zero-order valence-corrected chi connectivity index (χ0v) is 20.1. The fourth-order valence-corrected chi connectivity index (χ4v) is 6.62. The molecule has 0 amide bonds. The highest BCUT2D eigenvalue weighted by molar-refractivity contribution is 7.70. The largest absolute Gasteiger partial charge is 0.387 e. The van der Waals surface area contributed by atoms with Crippen LogP contribution in [0.15, 0.2) is 18.2 Å². The van der Waals surface area contributed by atoms with Gasteiger partial charge in [-0.15, -0.1) is 0 Å². The molecule has 2 aliphatic rings. The van der Waals surface area contributed by atoms with Crippen LogP contribution in [0.2, 0.25) is 5.28 Å². The number of aliphatic hydroxyl groups is 2. The number of nitrogens with one attached hydrogen (secondary N) is 1. The molecule has 0 radical (unpaired) electrons. The van der Waals surface area contributed by atoms with E-state index < -0.39 is 52.1 Å². The summed E-state index contributed by atoms with van der Waals surface area (Å²) in [6, 6.07) is 5.07. The maximum absolute atomic E-state index is 11.9. The predicted molar refractivity (Wildman–Crippen MR) is 120 cm³/mol. The first-order chi connectivity index (χ1) is 15.9. The summed E-state index contributed by atoms with van der Waals surface area (Å²) in [5, 5.41) is 24.8.